The van der Waals surface area contributed by atoms with Crippen LogP contribution >= 0.6 is 11.3 Å². The van der Waals surface area contributed by atoms with Gasteiger partial charge in [-0.1, -0.05) is 0 Å². The number of rotatable bonds is 1. The fourth-order valence-corrected chi connectivity index (χ4v) is 1.73. The lowest BCUT2D eigenvalue weighted by Crippen LogP contribution is -1.79. The Balaban J connectivity index is 2.41. The molecule has 0 atom stereocenters. The third-order valence-electron chi connectivity index (χ3n) is 1.59. The molecule has 0 saturated carbocycles. The Morgan fingerprint density at radius 1 is 1.23 bits per heavy atom. The van der Waals surface area contributed by atoms with Crippen LogP contribution in [0.5, 0.6) is 5.75 Å². The van der Waals surface area contributed by atoms with Gasteiger partial charge < -0.3 is 5.11 Å². The Morgan fingerprint density at radius 3 is 2.62 bits per heavy atom. The molecule has 4 heteroatoms. The lowest BCUT2D eigenvalue weighted by atomic mass is 10.3. The summed E-state index contributed by atoms with van der Waals surface area (Å²) in [6, 6.07) is 3.37. The SMILES string of the molecule is Cc1cnc(-c2ccc(O)cn2)s1. The Bertz CT molecular complexity index is 408. The Morgan fingerprint density at radius 2 is 2.08 bits per heavy atom. The molecular weight excluding hydrogens is 184 g/mol. The highest BCUT2D eigenvalue weighted by Gasteiger charge is 2.02. The molecule has 0 bridgehead atoms. The van der Waals surface area contributed by atoms with E-state index in [1.807, 2.05) is 13.1 Å². The van der Waals surface area contributed by atoms with Crippen LogP contribution in [0, 0.1) is 6.92 Å². The first-order chi connectivity index (χ1) is 6.25. The van der Waals surface area contributed by atoms with Crippen LogP contribution in [-0.4, -0.2) is 15.1 Å². The Kier molecular flexibility index (Phi) is 1.98. The lowest BCUT2D eigenvalue weighted by molar-refractivity contribution is 0.473. The van der Waals surface area contributed by atoms with Crippen molar-refractivity contribution in [2.75, 3.05) is 0 Å². The predicted octanol–water partition coefficient (Wildman–Crippen LogP) is 2.22. The summed E-state index contributed by atoms with van der Waals surface area (Å²) in [6.07, 6.45) is 3.24. The highest BCUT2D eigenvalue weighted by molar-refractivity contribution is 7.14. The predicted molar refractivity (Wildman–Crippen MR) is 51.7 cm³/mol. The van der Waals surface area contributed by atoms with Crippen molar-refractivity contribution in [3.63, 3.8) is 0 Å². The van der Waals surface area contributed by atoms with Crippen LogP contribution in [0.25, 0.3) is 10.7 Å². The van der Waals surface area contributed by atoms with Gasteiger partial charge in [-0.25, -0.2) is 9.97 Å². The quantitative estimate of drug-likeness (QED) is 0.753. The maximum atomic E-state index is 9.03. The number of hydrogen-bond acceptors (Lipinski definition) is 4. The first kappa shape index (κ1) is 8.19. The number of hydrogen-bond donors (Lipinski definition) is 1. The van der Waals surface area contributed by atoms with Gasteiger partial charge >= 0.3 is 0 Å². The molecule has 1 N–H and O–H groups in total. The summed E-state index contributed by atoms with van der Waals surface area (Å²) in [4.78, 5) is 9.41. The average molecular weight is 192 g/mol. The minimum atomic E-state index is 0.178. The normalized spacial score (nSPS) is 10.2. The van der Waals surface area contributed by atoms with Gasteiger partial charge in [0.25, 0.3) is 0 Å². The van der Waals surface area contributed by atoms with Gasteiger partial charge in [0.1, 0.15) is 10.8 Å². The van der Waals surface area contributed by atoms with Gasteiger partial charge in [-0.3, -0.25) is 0 Å². The molecule has 0 amide bonds. The van der Waals surface area contributed by atoms with E-state index >= 15 is 0 Å². The number of thiazole rings is 1. The van der Waals surface area contributed by atoms with Crippen molar-refractivity contribution in [3.8, 4) is 16.5 Å². The van der Waals surface area contributed by atoms with Crippen molar-refractivity contribution < 1.29 is 5.11 Å². The van der Waals surface area contributed by atoms with Crippen molar-refractivity contribution >= 4 is 11.3 Å². The number of aromatic nitrogens is 2. The van der Waals surface area contributed by atoms with E-state index < -0.39 is 0 Å². The van der Waals surface area contributed by atoms with E-state index in [0.717, 1.165) is 15.6 Å². The van der Waals surface area contributed by atoms with E-state index in [1.165, 1.54) is 6.20 Å². The monoisotopic (exact) mass is 192 g/mol. The van der Waals surface area contributed by atoms with Crippen molar-refractivity contribution in [2.45, 2.75) is 6.92 Å². The molecule has 2 rings (SSSR count). The van der Waals surface area contributed by atoms with Gasteiger partial charge in [-0.05, 0) is 19.1 Å². The molecular formula is C9H8N2OS. The third-order valence-corrected chi connectivity index (χ3v) is 2.52. The summed E-state index contributed by atoms with van der Waals surface area (Å²) in [5.74, 6) is 0.178. The molecule has 0 unspecified atom stereocenters. The molecule has 2 aromatic heterocycles. The minimum absolute atomic E-state index is 0.178. The summed E-state index contributed by atoms with van der Waals surface area (Å²) in [5, 5.41) is 9.92. The molecule has 0 spiro atoms. The third kappa shape index (κ3) is 1.67. The molecule has 0 aliphatic carbocycles. The van der Waals surface area contributed by atoms with Crippen molar-refractivity contribution in [2.24, 2.45) is 0 Å². The number of aromatic hydroxyl groups is 1. The van der Waals surface area contributed by atoms with E-state index in [1.54, 1.807) is 23.5 Å². The molecule has 66 valence electrons. The summed E-state index contributed by atoms with van der Waals surface area (Å²) in [7, 11) is 0. The van der Waals surface area contributed by atoms with Crippen LogP contribution in [0.15, 0.2) is 24.5 Å². The molecule has 0 radical (unpaired) electrons. The second-order valence-electron chi connectivity index (χ2n) is 2.68. The largest absolute Gasteiger partial charge is 0.506 e. The molecule has 3 nitrogen and oxygen atoms in total. The van der Waals surface area contributed by atoms with Crippen LogP contribution < -0.4 is 0 Å². The highest BCUT2D eigenvalue weighted by Crippen LogP contribution is 2.23. The second kappa shape index (κ2) is 3.14. The van der Waals surface area contributed by atoms with E-state index in [-0.39, 0.29) is 5.75 Å². The van der Waals surface area contributed by atoms with E-state index in [2.05, 4.69) is 9.97 Å². The van der Waals surface area contributed by atoms with Crippen LogP contribution in [0.1, 0.15) is 4.88 Å². The molecule has 2 aromatic rings. The zero-order valence-corrected chi connectivity index (χ0v) is 7.88. The minimum Gasteiger partial charge on any atom is -0.506 e. The first-order valence-corrected chi connectivity index (χ1v) is 4.65. The van der Waals surface area contributed by atoms with Crippen LogP contribution in [-0.2, 0) is 0 Å². The molecule has 0 fully saturated rings. The fraction of sp³-hybridized carbons (Fsp3) is 0.111. The van der Waals surface area contributed by atoms with Crippen molar-refractivity contribution in [1.29, 1.82) is 0 Å². The van der Waals surface area contributed by atoms with Gasteiger partial charge in [-0.15, -0.1) is 11.3 Å². The molecule has 13 heavy (non-hydrogen) atoms. The van der Waals surface area contributed by atoms with Crippen molar-refractivity contribution in [1.82, 2.24) is 9.97 Å². The number of nitrogens with zero attached hydrogens (tertiary/aromatic N) is 2. The van der Waals surface area contributed by atoms with Crippen LogP contribution in [0.3, 0.4) is 0 Å². The van der Waals surface area contributed by atoms with Gasteiger partial charge in [0.2, 0.25) is 0 Å². The summed E-state index contributed by atoms with van der Waals surface area (Å²) in [6.45, 7) is 2.00. The standard InChI is InChI=1S/C9H8N2OS/c1-6-4-11-9(13-6)8-3-2-7(12)5-10-8/h2-5,12H,1H3. The zero-order valence-electron chi connectivity index (χ0n) is 7.06. The van der Waals surface area contributed by atoms with Crippen LogP contribution in [0.4, 0.5) is 0 Å². The Hall–Kier alpha value is -1.42. The Labute approximate surface area is 79.7 Å². The van der Waals surface area contributed by atoms with E-state index in [0.29, 0.717) is 0 Å². The average Bonchev–Trinajstić information content (AvgIpc) is 2.53. The zero-order chi connectivity index (χ0) is 9.26. The molecule has 0 saturated heterocycles. The van der Waals surface area contributed by atoms with Crippen LogP contribution in [0.2, 0.25) is 0 Å². The van der Waals surface area contributed by atoms with E-state index in [4.69, 9.17) is 5.11 Å². The maximum Gasteiger partial charge on any atom is 0.142 e. The van der Waals surface area contributed by atoms with Crippen molar-refractivity contribution in [3.05, 3.63) is 29.4 Å². The number of aryl methyl sites for hydroxylation is 1. The molecule has 0 aliphatic rings. The molecule has 2 heterocycles. The maximum absolute atomic E-state index is 9.03. The first-order valence-electron chi connectivity index (χ1n) is 3.83. The second-order valence-corrected chi connectivity index (χ2v) is 3.91. The smallest absolute Gasteiger partial charge is 0.142 e. The summed E-state index contributed by atoms with van der Waals surface area (Å²) >= 11 is 1.59. The summed E-state index contributed by atoms with van der Waals surface area (Å²) < 4.78 is 0. The topological polar surface area (TPSA) is 46.0 Å². The van der Waals surface area contributed by atoms with E-state index in [9.17, 15) is 0 Å². The van der Waals surface area contributed by atoms with Gasteiger partial charge in [0.05, 0.1) is 11.9 Å². The van der Waals surface area contributed by atoms with Gasteiger partial charge in [0.15, 0.2) is 0 Å². The highest BCUT2D eigenvalue weighted by atomic mass is 32.1. The fourth-order valence-electron chi connectivity index (χ4n) is 0.986. The molecule has 0 aromatic carbocycles. The number of pyridine rings is 1. The summed E-state index contributed by atoms with van der Waals surface area (Å²) in [5.41, 5.74) is 0.802. The van der Waals surface area contributed by atoms with Gasteiger partial charge in [-0.2, -0.15) is 0 Å². The van der Waals surface area contributed by atoms with Gasteiger partial charge in [0, 0.05) is 11.1 Å². The molecule has 0 aliphatic heterocycles. The lowest BCUT2D eigenvalue weighted by Gasteiger charge is -1.94.